The summed E-state index contributed by atoms with van der Waals surface area (Å²) in [5, 5.41) is -0.111. The van der Waals surface area contributed by atoms with Gasteiger partial charge in [-0.25, -0.2) is 0 Å². The number of rotatable bonds is 13. The van der Waals surface area contributed by atoms with Gasteiger partial charge >= 0.3 is 0 Å². The maximum absolute atomic E-state index is 11.3. The molecular formula is C16H31ClO. The second-order valence-electron chi connectivity index (χ2n) is 5.41. The first-order valence-electron chi connectivity index (χ1n) is 7.91. The lowest BCUT2D eigenvalue weighted by atomic mass is 9.95. The van der Waals surface area contributed by atoms with E-state index in [4.69, 9.17) is 11.6 Å². The first kappa shape index (κ1) is 18.0. The predicted molar refractivity (Wildman–Crippen MR) is 81.1 cm³/mol. The van der Waals surface area contributed by atoms with Gasteiger partial charge < -0.3 is 0 Å². The molecule has 0 spiro atoms. The van der Waals surface area contributed by atoms with Crippen molar-refractivity contribution in [2.45, 2.75) is 90.9 Å². The molecule has 0 saturated carbocycles. The summed E-state index contributed by atoms with van der Waals surface area (Å²) in [6.45, 7) is 4.44. The van der Waals surface area contributed by atoms with E-state index >= 15 is 0 Å². The normalized spacial score (nSPS) is 12.6. The highest BCUT2D eigenvalue weighted by atomic mass is 35.5. The zero-order valence-electron chi connectivity index (χ0n) is 12.3. The van der Waals surface area contributed by atoms with Crippen molar-refractivity contribution in [3.63, 3.8) is 0 Å². The van der Waals surface area contributed by atoms with Crippen molar-refractivity contribution in [2.24, 2.45) is 5.92 Å². The first-order chi connectivity index (χ1) is 8.72. The van der Waals surface area contributed by atoms with Crippen LogP contribution in [-0.4, -0.2) is 5.24 Å². The third-order valence-corrected chi connectivity index (χ3v) is 3.94. The largest absolute Gasteiger partial charge is 0.281 e. The maximum Gasteiger partial charge on any atom is 0.224 e. The van der Waals surface area contributed by atoms with Gasteiger partial charge in [-0.2, -0.15) is 0 Å². The molecule has 108 valence electrons. The molecule has 2 heteroatoms. The summed E-state index contributed by atoms with van der Waals surface area (Å²) in [6.07, 6.45) is 14.6. The Labute approximate surface area is 119 Å². The maximum atomic E-state index is 11.3. The van der Waals surface area contributed by atoms with Crippen LogP contribution in [0, 0.1) is 5.92 Å². The zero-order chi connectivity index (χ0) is 13.6. The van der Waals surface area contributed by atoms with Gasteiger partial charge in [-0.1, -0.05) is 78.1 Å². The molecule has 0 N–H and O–H groups in total. The Bertz CT molecular complexity index is 192. The molecule has 0 aromatic rings. The Morgan fingerprint density at radius 3 is 1.61 bits per heavy atom. The summed E-state index contributed by atoms with van der Waals surface area (Å²) < 4.78 is 0. The number of hydrogen-bond donors (Lipinski definition) is 0. The van der Waals surface area contributed by atoms with Gasteiger partial charge in [0.05, 0.1) is 0 Å². The molecule has 0 aliphatic heterocycles. The zero-order valence-corrected chi connectivity index (χ0v) is 13.1. The van der Waals surface area contributed by atoms with E-state index < -0.39 is 0 Å². The van der Waals surface area contributed by atoms with Crippen molar-refractivity contribution in [3.05, 3.63) is 0 Å². The molecule has 0 aliphatic carbocycles. The molecule has 0 saturated heterocycles. The van der Waals surface area contributed by atoms with E-state index in [0.29, 0.717) is 0 Å². The third-order valence-electron chi connectivity index (χ3n) is 3.63. The fourth-order valence-electron chi connectivity index (χ4n) is 2.36. The van der Waals surface area contributed by atoms with Gasteiger partial charge in [0.2, 0.25) is 5.24 Å². The van der Waals surface area contributed by atoms with E-state index in [1.165, 1.54) is 57.8 Å². The van der Waals surface area contributed by atoms with Crippen molar-refractivity contribution in [1.29, 1.82) is 0 Å². The number of halogens is 1. The van der Waals surface area contributed by atoms with Crippen LogP contribution < -0.4 is 0 Å². The van der Waals surface area contributed by atoms with Gasteiger partial charge in [-0.05, 0) is 24.4 Å². The van der Waals surface area contributed by atoms with Crippen LogP contribution in [0.4, 0.5) is 0 Å². The van der Waals surface area contributed by atoms with Gasteiger partial charge in [-0.15, -0.1) is 0 Å². The molecular weight excluding hydrogens is 244 g/mol. The fourth-order valence-corrected chi connectivity index (χ4v) is 2.58. The highest BCUT2D eigenvalue weighted by molar-refractivity contribution is 6.63. The van der Waals surface area contributed by atoms with Crippen LogP contribution in [0.5, 0.6) is 0 Å². The number of unbranched alkanes of at least 4 members (excludes halogenated alkanes) is 8. The molecule has 0 bridgehead atoms. The Morgan fingerprint density at radius 2 is 1.17 bits per heavy atom. The smallest absolute Gasteiger partial charge is 0.224 e. The minimum atomic E-state index is -0.111. The molecule has 1 atom stereocenters. The summed E-state index contributed by atoms with van der Waals surface area (Å²) in [5.74, 6) is 0.120. The van der Waals surface area contributed by atoms with Crippen LogP contribution in [-0.2, 0) is 4.79 Å². The second-order valence-corrected chi connectivity index (χ2v) is 5.78. The summed E-state index contributed by atoms with van der Waals surface area (Å²) >= 11 is 5.68. The van der Waals surface area contributed by atoms with Crippen LogP contribution in [0.2, 0.25) is 0 Å². The lowest BCUT2D eigenvalue weighted by molar-refractivity contribution is -0.115. The molecule has 1 unspecified atom stereocenters. The Morgan fingerprint density at radius 1 is 0.778 bits per heavy atom. The van der Waals surface area contributed by atoms with E-state index in [-0.39, 0.29) is 11.2 Å². The standard InChI is InChI=1S/C16H31ClO/c1-3-5-7-9-10-12-14-15(16(17)18)13-11-8-6-4-2/h15H,3-14H2,1-2H3. The van der Waals surface area contributed by atoms with Crippen LogP contribution in [0.3, 0.4) is 0 Å². The minimum absolute atomic E-state index is 0.111. The van der Waals surface area contributed by atoms with Crippen LogP contribution >= 0.6 is 11.6 Å². The van der Waals surface area contributed by atoms with E-state index in [2.05, 4.69) is 13.8 Å². The van der Waals surface area contributed by atoms with Crippen molar-refractivity contribution in [1.82, 2.24) is 0 Å². The predicted octanol–water partition coefficient (Wildman–Crippen LogP) is 6.09. The van der Waals surface area contributed by atoms with Gasteiger partial charge in [-0.3, -0.25) is 4.79 Å². The molecule has 0 aliphatic rings. The van der Waals surface area contributed by atoms with E-state index in [9.17, 15) is 4.79 Å². The summed E-state index contributed by atoms with van der Waals surface area (Å²) in [7, 11) is 0. The number of hydrogen-bond acceptors (Lipinski definition) is 1. The Balaban J connectivity index is 3.54. The Hall–Kier alpha value is -0.0400. The third kappa shape index (κ3) is 11.1. The van der Waals surface area contributed by atoms with Gasteiger partial charge in [0.15, 0.2) is 0 Å². The summed E-state index contributed by atoms with van der Waals surface area (Å²) in [4.78, 5) is 11.3. The quantitative estimate of drug-likeness (QED) is 0.293. The fraction of sp³-hybridized carbons (Fsp3) is 0.938. The monoisotopic (exact) mass is 274 g/mol. The lowest BCUT2D eigenvalue weighted by Gasteiger charge is -2.12. The summed E-state index contributed by atoms with van der Waals surface area (Å²) in [6, 6.07) is 0. The number of carbonyl (C=O) groups excluding carboxylic acids is 1. The molecule has 1 nitrogen and oxygen atoms in total. The molecule has 0 radical (unpaired) electrons. The van der Waals surface area contributed by atoms with Crippen LogP contribution in [0.25, 0.3) is 0 Å². The molecule has 0 rings (SSSR count). The lowest BCUT2D eigenvalue weighted by Crippen LogP contribution is -2.08. The highest BCUT2D eigenvalue weighted by Crippen LogP contribution is 2.21. The van der Waals surface area contributed by atoms with Gasteiger partial charge in [0.1, 0.15) is 0 Å². The van der Waals surface area contributed by atoms with E-state index in [1.54, 1.807) is 0 Å². The minimum Gasteiger partial charge on any atom is -0.281 e. The van der Waals surface area contributed by atoms with Crippen molar-refractivity contribution >= 4 is 16.8 Å². The van der Waals surface area contributed by atoms with Gasteiger partial charge in [0.25, 0.3) is 0 Å². The molecule has 0 fully saturated rings. The average Bonchev–Trinajstić information content (AvgIpc) is 2.35. The topological polar surface area (TPSA) is 17.1 Å². The van der Waals surface area contributed by atoms with Crippen molar-refractivity contribution in [3.8, 4) is 0 Å². The second kappa shape index (κ2) is 13.4. The number of carbonyl (C=O) groups is 1. The molecule has 0 heterocycles. The van der Waals surface area contributed by atoms with E-state index in [1.807, 2.05) is 0 Å². The molecule has 18 heavy (non-hydrogen) atoms. The SMILES string of the molecule is CCCCCCCCC(CCCCCC)C(=O)Cl. The van der Waals surface area contributed by atoms with Crippen LogP contribution in [0.1, 0.15) is 90.9 Å². The molecule has 0 aromatic carbocycles. The van der Waals surface area contributed by atoms with E-state index in [0.717, 1.165) is 19.3 Å². The average molecular weight is 275 g/mol. The highest BCUT2D eigenvalue weighted by Gasteiger charge is 2.15. The molecule has 0 aromatic heterocycles. The van der Waals surface area contributed by atoms with Gasteiger partial charge in [0, 0.05) is 5.92 Å². The van der Waals surface area contributed by atoms with Crippen molar-refractivity contribution < 1.29 is 4.79 Å². The van der Waals surface area contributed by atoms with Crippen molar-refractivity contribution in [2.75, 3.05) is 0 Å². The first-order valence-corrected chi connectivity index (χ1v) is 8.29. The summed E-state index contributed by atoms with van der Waals surface area (Å²) in [5.41, 5.74) is 0. The molecule has 0 amide bonds. The van der Waals surface area contributed by atoms with Crippen LogP contribution in [0.15, 0.2) is 0 Å². The Kier molecular flexibility index (Phi) is 13.4.